The van der Waals surface area contributed by atoms with E-state index in [-0.39, 0.29) is 12.5 Å². The lowest BCUT2D eigenvalue weighted by atomic mass is 10.1. The third-order valence-electron chi connectivity index (χ3n) is 4.08. The second-order valence-electron chi connectivity index (χ2n) is 5.81. The highest BCUT2D eigenvalue weighted by atomic mass is 16.5. The molecule has 0 bridgehead atoms. The third kappa shape index (κ3) is 3.39. The zero-order valence-corrected chi connectivity index (χ0v) is 14.8. The van der Waals surface area contributed by atoms with Gasteiger partial charge in [-0.2, -0.15) is 0 Å². The van der Waals surface area contributed by atoms with Gasteiger partial charge in [0, 0.05) is 18.0 Å². The molecule has 1 heterocycles. The van der Waals surface area contributed by atoms with Crippen molar-refractivity contribution in [2.45, 2.75) is 13.5 Å². The molecule has 0 fully saturated rings. The van der Waals surface area contributed by atoms with Gasteiger partial charge in [-0.15, -0.1) is 0 Å². The molecule has 0 aliphatic carbocycles. The standard InChI is InChI=1S/C20H19NO5/c1-12-7-8-15-14(9-12)13(10-18(22)26-15)11-21-20(23)19-16(24-2)5-4-6-17(19)25-3/h4-10H,11H2,1-3H3,(H,21,23). The van der Waals surface area contributed by atoms with Gasteiger partial charge in [0.25, 0.3) is 5.91 Å². The normalized spacial score (nSPS) is 10.6. The summed E-state index contributed by atoms with van der Waals surface area (Å²) in [6.07, 6.45) is 0. The number of carbonyl (C=O) groups is 1. The topological polar surface area (TPSA) is 77.8 Å². The largest absolute Gasteiger partial charge is 0.496 e. The Bertz CT molecular complexity index is 1000. The maximum atomic E-state index is 12.7. The van der Waals surface area contributed by atoms with E-state index in [2.05, 4.69) is 5.32 Å². The molecule has 0 aliphatic heterocycles. The van der Waals surface area contributed by atoms with Crippen molar-refractivity contribution >= 4 is 16.9 Å². The molecule has 3 aromatic rings. The second kappa shape index (κ2) is 7.31. The summed E-state index contributed by atoms with van der Waals surface area (Å²) in [5.74, 6) is 0.471. The summed E-state index contributed by atoms with van der Waals surface area (Å²) in [4.78, 5) is 24.5. The smallest absolute Gasteiger partial charge is 0.336 e. The minimum atomic E-state index is -0.458. The summed E-state index contributed by atoms with van der Waals surface area (Å²) in [5.41, 5.74) is 2.05. The first kappa shape index (κ1) is 17.5. The summed E-state index contributed by atoms with van der Waals surface area (Å²) < 4.78 is 15.7. The zero-order valence-electron chi connectivity index (χ0n) is 14.8. The number of rotatable bonds is 5. The highest BCUT2D eigenvalue weighted by Crippen LogP contribution is 2.28. The van der Waals surface area contributed by atoms with Crippen LogP contribution in [0.2, 0.25) is 0 Å². The van der Waals surface area contributed by atoms with E-state index >= 15 is 0 Å². The van der Waals surface area contributed by atoms with Crippen LogP contribution in [0, 0.1) is 6.92 Å². The van der Waals surface area contributed by atoms with Crippen LogP contribution < -0.4 is 20.4 Å². The summed E-state index contributed by atoms with van der Waals surface area (Å²) in [6.45, 7) is 2.12. The van der Waals surface area contributed by atoms with Gasteiger partial charge in [0.2, 0.25) is 0 Å². The molecule has 26 heavy (non-hydrogen) atoms. The van der Waals surface area contributed by atoms with E-state index in [1.807, 2.05) is 19.1 Å². The fourth-order valence-electron chi connectivity index (χ4n) is 2.83. The van der Waals surface area contributed by atoms with Crippen LogP contribution in [0.15, 0.2) is 51.7 Å². The zero-order chi connectivity index (χ0) is 18.7. The number of fused-ring (bicyclic) bond motifs is 1. The maximum Gasteiger partial charge on any atom is 0.336 e. The minimum absolute atomic E-state index is 0.172. The van der Waals surface area contributed by atoms with Gasteiger partial charge in [-0.25, -0.2) is 4.79 Å². The van der Waals surface area contributed by atoms with Crippen molar-refractivity contribution in [2.24, 2.45) is 0 Å². The molecule has 1 amide bonds. The molecule has 0 spiro atoms. The van der Waals surface area contributed by atoms with Crippen LogP contribution in [-0.4, -0.2) is 20.1 Å². The number of hydrogen-bond donors (Lipinski definition) is 1. The molecule has 3 rings (SSSR count). The molecular formula is C20H19NO5. The minimum Gasteiger partial charge on any atom is -0.496 e. The number of carbonyl (C=O) groups excluding carboxylic acids is 1. The third-order valence-corrected chi connectivity index (χ3v) is 4.08. The first-order chi connectivity index (χ1) is 12.5. The van der Waals surface area contributed by atoms with E-state index in [0.29, 0.717) is 28.2 Å². The fraction of sp³-hybridized carbons (Fsp3) is 0.200. The number of methoxy groups -OCH3 is 2. The van der Waals surface area contributed by atoms with Gasteiger partial charge in [0.15, 0.2) is 0 Å². The molecule has 0 aliphatic rings. The number of aryl methyl sites for hydroxylation is 1. The quantitative estimate of drug-likeness (QED) is 0.714. The predicted octanol–water partition coefficient (Wildman–Crippen LogP) is 3.05. The fourth-order valence-corrected chi connectivity index (χ4v) is 2.83. The number of benzene rings is 2. The van der Waals surface area contributed by atoms with Crippen molar-refractivity contribution in [3.63, 3.8) is 0 Å². The molecule has 6 nitrogen and oxygen atoms in total. The average Bonchev–Trinajstić information content (AvgIpc) is 2.65. The molecule has 6 heteroatoms. The molecule has 2 aromatic carbocycles. The Kier molecular flexibility index (Phi) is 4.93. The number of amides is 1. The second-order valence-corrected chi connectivity index (χ2v) is 5.81. The molecule has 0 atom stereocenters. The number of ether oxygens (including phenoxy) is 2. The van der Waals surface area contributed by atoms with Crippen molar-refractivity contribution in [2.75, 3.05) is 14.2 Å². The van der Waals surface area contributed by atoms with E-state index in [1.165, 1.54) is 20.3 Å². The van der Waals surface area contributed by atoms with E-state index in [4.69, 9.17) is 13.9 Å². The first-order valence-electron chi connectivity index (χ1n) is 8.06. The maximum absolute atomic E-state index is 12.7. The Morgan fingerprint density at radius 2 is 1.77 bits per heavy atom. The van der Waals surface area contributed by atoms with Gasteiger partial charge in [-0.3, -0.25) is 4.79 Å². The van der Waals surface area contributed by atoms with Gasteiger partial charge in [0.05, 0.1) is 14.2 Å². The van der Waals surface area contributed by atoms with Crippen molar-refractivity contribution in [1.29, 1.82) is 0 Å². The van der Waals surface area contributed by atoms with Crippen LogP contribution in [0.5, 0.6) is 11.5 Å². The average molecular weight is 353 g/mol. The van der Waals surface area contributed by atoms with Crippen LogP contribution in [-0.2, 0) is 6.54 Å². The lowest BCUT2D eigenvalue weighted by molar-refractivity contribution is 0.0944. The molecule has 0 unspecified atom stereocenters. The molecule has 0 radical (unpaired) electrons. The van der Waals surface area contributed by atoms with Crippen LogP contribution in [0.25, 0.3) is 11.0 Å². The van der Waals surface area contributed by atoms with Crippen LogP contribution in [0.3, 0.4) is 0 Å². The van der Waals surface area contributed by atoms with Crippen LogP contribution in [0.1, 0.15) is 21.5 Å². The van der Waals surface area contributed by atoms with Crippen molar-refractivity contribution < 1.29 is 18.7 Å². The van der Waals surface area contributed by atoms with E-state index in [0.717, 1.165) is 10.9 Å². The van der Waals surface area contributed by atoms with Gasteiger partial charge >= 0.3 is 5.63 Å². The van der Waals surface area contributed by atoms with Gasteiger partial charge in [-0.05, 0) is 36.8 Å². The molecule has 1 N–H and O–H groups in total. The lowest BCUT2D eigenvalue weighted by Crippen LogP contribution is -2.24. The molecule has 0 saturated heterocycles. The molecule has 134 valence electrons. The Hall–Kier alpha value is -3.28. The summed E-state index contributed by atoms with van der Waals surface area (Å²) in [7, 11) is 2.98. The van der Waals surface area contributed by atoms with E-state index < -0.39 is 5.63 Å². The van der Waals surface area contributed by atoms with Gasteiger partial charge in [0.1, 0.15) is 22.6 Å². The molecule has 0 saturated carbocycles. The van der Waals surface area contributed by atoms with Crippen LogP contribution in [0.4, 0.5) is 0 Å². The monoisotopic (exact) mass is 353 g/mol. The van der Waals surface area contributed by atoms with E-state index in [9.17, 15) is 9.59 Å². The summed E-state index contributed by atoms with van der Waals surface area (Å²) >= 11 is 0. The SMILES string of the molecule is COc1cccc(OC)c1C(=O)NCc1cc(=O)oc2ccc(C)cc12. The molecular weight excluding hydrogens is 334 g/mol. The van der Waals surface area contributed by atoms with E-state index in [1.54, 1.807) is 24.3 Å². The van der Waals surface area contributed by atoms with Crippen LogP contribution >= 0.6 is 0 Å². The van der Waals surface area contributed by atoms with Crippen molar-refractivity contribution in [1.82, 2.24) is 5.32 Å². The first-order valence-corrected chi connectivity index (χ1v) is 8.06. The van der Waals surface area contributed by atoms with Crippen molar-refractivity contribution in [3.05, 3.63) is 69.6 Å². The van der Waals surface area contributed by atoms with Crippen molar-refractivity contribution in [3.8, 4) is 11.5 Å². The summed E-state index contributed by atoms with van der Waals surface area (Å²) in [6, 6.07) is 12.0. The Balaban J connectivity index is 1.93. The van der Waals surface area contributed by atoms with Gasteiger partial charge < -0.3 is 19.2 Å². The number of nitrogens with one attached hydrogen (secondary N) is 1. The summed E-state index contributed by atoms with van der Waals surface area (Å²) in [5, 5.41) is 3.61. The Labute approximate surface area is 150 Å². The highest BCUT2D eigenvalue weighted by molar-refractivity contribution is 5.99. The molecule has 1 aromatic heterocycles. The number of hydrogen-bond acceptors (Lipinski definition) is 5. The lowest BCUT2D eigenvalue weighted by Gasteiger charge is -2.13. The Morgan fingerprint density at radius 3 is 2.42 bits per heavy atom. The Morgan fingerprint density at radius 1 is 1.08 bits per heavy atom. The highest BCUT2D eigenvalue weighted by Gasteiger charge is 2.18. The predicted molar refractivity (Wildman–Crippen MR) is 97.9 cm³/mol. The van der Waals surface area contributed by atoms with Gasteiger partial charge in [-0.1, -0.05) is 17.7 Å².